The van der Waals surface area contributed by atoms with Crippen molar-refractivity contribution < 1.29 is 5.11 Å². The Kier molecular flexibility index (Phi) is 4.64. The molecule has 1 nitrogen and oxygen atoms in total. The van der Waals surface area contributed by atoms with E-state index in [1.165, 1.54) is 4.46 Å². The fourth-order valence-corrected chi connectivity index (χ4v) is 3.47. The van der Waals surface area contributed by atoms with Gasteiger partial charge in [-0.2, -0.15) is 0 Å². The number of hydrogen-bond donors (Lipinski definition) is 1. The molecule has 0 unspecified atom stereocenters. The van der Waals surface area contributed by atoms with Gasteiger partial charge >= 0.3 is 113 Å². The second-order valence-electron chi connectivity index (χ2n) is 3.69. The molecule has 0 radical (unpaired) electrons. The van der Waals surface area contributed by atoms with Crippen LogP contribution >= 0.6 is 11.6 Å². The van der Waals surface area contributed by atoms with Crippen molar-refractivity contribution in [1.82, 2.24) is 0 Å². The third-order valence-corrected chi connectivity index (χ3v) is 4.94. The molecule has 0 aliphatic rings. The fraction of sp³-hybridized carbons (Fsp3) is 0.143. The van der Waals surface area contributed by atoms with Gasteiger partial charge in [0.05, 0.1) is 0 Å². The zero-order valence-electron chi connectivity index (χ0n) is 9.21. The molecule has 1 atom stereocenters. The normalized spacial score (nSPS) is 12.4. The van der Waals surface area contributed by atoms with Gasteiger partial charge in [0.2, 0.25) is 0 Å². The van der Waals surface area contributed by atoms with E-state index in [-0.39, 0.29) is 0 Å². The zero-order valence-corrected chi connectivity index (χ0v) is 11.7. The molecule has 0 amide bonds. The molecule has 2 rings (SSSR count). The maximum atomic E-state index is 10.0. The van der Waals surface area contributed by atoms with Gasteiger partial charge in [0.1, 0.15) is 0 Å². The summed E-state index contributed by atoms with van der Waals surface area (Å²) in [6, 6.07) is 17.7. The van der Waals surface area contributed by atoms with Crippen LogP contribution < -0.4 is 4.46 Å². The van der Waals surface area contributed by atoms with Crippen molar-refractivity contribution in [3.8, 4) is 0 Å². The average molecular weight is 312 g/mol. The summed E-state index contributed by atoms with van der Waals surface area (Å²) in [5.41, 5.74) is 0.937. The molecular weight excluding hydrogens is 299 g/mol. The zero-order chi connectivity index (χ0) is 12.1. The molecule has 0 aromatic heterocycles. The Morgan fingerprint density at radius 1 is 1.00 bits per heavy atom. The predicted octanol–water partition coefficient (Wildman–Crippen LogP) is 2.82. The van der Waals surface area contributed by atoms with Crippen molar-refractivity contribution in [2.24, 2.45) is 0 Å². The molecule has 17 heavy (non-hydrogen) atoms. The molecule has 0 fully saturated rings. The summed E-state index contributed by atoms with van der Waals surface area (Å²) in [6.45, 7) is 0. The van der Waals surface area contributed by atoms with E-state index in [4.69, 9.17) is 11.6 Å². The number of hydrogen-bond acceptors (Lipinski definition) is 1. The van der Waals surface area contributed by atoms with E-state index in [1.54, 1.807) is 0 Å². The van der Waals surface area contributed by atoms with Gasteiger partial charge in [-0.25, -0.2) is 0 Å². The van der Waals surface area contributed by atoms with Gasteiger partial charge in [0, 0.05) is 0 Å². The Balaban J connectivity index is 1.93. The van der Waals surface area contributed by atoms with E-state index in [2.05, 4.69) is 12.1 Å². The van der Waals surface area contributed by atoms with Crippen LogP contribution in [0.25, 0.3) is 0 Å². The first-order chi connectivity index (χ1) is 8.25. The van der Waals surface area contributed by atoms with Gasteiger partial charge in [-0.3, -0.25) is 0 Å². The molecular formula is C14H13ClOSe. The van der Waals surface area contributed by atoms with Gasteiger partial charge in [-0.1, -0.05) is 0 Å². The number of rotatable bonds is 4. The summed E-state index contributed by atoms with van der Waals surface area (Å²) in [5.74, 6) is 0. The van der Waals surface area contributed by atoms with Crippen molar-refractivity contribution in [2.75, 3.05) is 0 Å². The van der Waals surface area contributed by atoms with Gasteiger partial charge in [-0.05, 0) is 0 Å². The Hall–Kier alpha value is -0.791. The second-order valence-corrected chi connectivity index (χ2v) is 6.42. The Labute approximate surface area is 113 Å². The monoisotopic (exact) mass is 312 g/mol. The van der Waals surface area contributed by atoms with Crippen LogP contribution in [0, 0.1) is 0 Å². The number of aliphatic hydroxyl groups excluding tert-OH is 1. The van der Waals surface area contributed by atoms with Crippen LogP contribution in [-0.4, -0.2) is 20.1 Å². The minimum atomic E-state index is -0.396. The van der Waals surface area contributed by atoms with Gasteiger partial charge in [0.15, 0.2) is 0 Å². The summed E-state index contributed by atoms with van der Waals surface area (Å²) in [6.07, 6.45) is -0.396. The molecule has 0 spiro atoms. The van der Waals surface area contributed by atoms with E-state index in [9.17, 15) is 5.11 Å². The third kappa shape index (κ3) is 3.86. The standard InChI is InChI=1S/C14H13ClOSe/c15-12-8-6-11(7-9-12)14(16)10-17-13-4-2-1-3-5-13/h1-9,14,16H,10H2/t14-/m0/s1. The maximum absolute atomic E-state index is 10.0. The third-order valence-electron chi connectivity index (χ3n) is 2.41. The summed E-state index contributed by atoms with van der Waals surface area (Å²) < 4.78 is 1.31. The van der Waals surface area contributed by atoms with E-state index in [0.29, 0.717) is 20.0 Å². The molecule has 3 heteroatoms. The SMILES string of the molecule is O[C@@H](C[Se]c1ccccc1)c1ccc(Cl)cc1. The van der Waals surface area contributed by atoms with Crippen molar-refractivity contribution in [2.45, 2.75) is 11.4 Å². The number of benzene rings is 2. The van der Waals surface area contributed by atoms with Gasteiger partial charge < -0.3 is 0 Å². The molecule has 0 saturated carbocycles. The first kappa shape index (κ1) is 12.7. The summed E-state index contributed by atoms with van der Waals surface area (Å²) in [5, 5.41) is 11.5. The fourth-order valence-electron chi connectivity index (χ4n) is 1.47. The quantitative estimate of drug-likeness (QED) is 0.861. The summed E-state index contributed by atoms with van der Waals surface area (Å²) in [4.78, 5) is 0. The van der Waals surface area contributed by atoms with Crippen LogP contribution in [0.3, 0.4) is 0 Å². The molecule has 0 saturated heterocycles. The molecule has 88 valence electrons. The first-order valence-corrected chi connectivity index (χ1v) is 7.81. The predicted molar refractivity (Wildman–Crippen MR) is 73.0 cm³/mol. The number of aliphatic hydroxyl groups is 1. The van der Waals surface area contributed by atoms with Crippen LogP contribution in [-0.2, 0) is 0 Å². The Bertz CT molecular complexity index is 455. The number of halogens is 1. The summed E-state index contributed by atoms with van der Waals surface area (Å²) >= 11 is 6.12. The van der Waals surface area contributed by atoms with Gasteiger partial charge in [-0.15, -0.1) is 0 Å². The van der Waals surface area contributed by atoms with Crippen molar-refractivity contribution >= 4 is 31.0 Å². The van der Waals surface area contributed by atoms with E-state index >= 15 is 0 Å². The van der Waals surface area contributed by atoms with Crippen molar-refractivity contribution in [1.29, 1.82) is 0 Å². The van der Waals surface area contributed by atoms with Crippen molar-refractivity contribution in [3.63, 3.8) is 0 Å². The van der Waals surface area contributed by atoms with Crippen LogP contribution in [0.1, 0.15) is 11.7 Å². The Morgan fingerprint density at radius 2 is 1.65 bits per heavy atom. The van der Waals surface area contributed by atoms with Crippen LogP contribution in [0.2, 0.25) is 10.3 Å². The molecule has 1 N–H and O–H groups in total. The first-order valence-electron chi connectivity index (χ1n) is 5.37. The topological polar surface area (TPSA) is 20.2 Å². The van der Waals surface area contributed by atoms with Crippen LogP contribution in [0.5, 0.6) is 0 Å². The average Bonchev–Trinajstić information content (AvgIpc) is 2.38. The second kappa shape index (κ2) is 6.23. The van der Waals surface area contributed by atoms with Crippen LogP contribution in [0.4, 0.5) is 0 Å². The van der Waals surface area contributed by atoms with Crippen LogP contribution in [0.15, 0.2) is 54.6 Å². The van der Waals surface area contributed by atoms with E-state index < -0.39 is 6.10 Å². The van der Waals surface area contributed by atoms with E-state index in [1.807, 2.05) is 42.5 Å². The molecule has 0 aliphatic carbocycles. The molecule has 2 aromatic carbocycles. The Morgan fingerprint density at radius 3 is 2.29 bits per heavy atom. The summed E-state index contributed by atoms with van der Waals surface area (Å²) in [7, 11) is 0. The molecule has 0 aliphatic heterocycles. The molecule has 2 aromatic rings. The van der Waals surface area contributed by atoms with Gasteiger partial charge in [0.25, 0.3) is 0 Å². The van der Waals surface area contributed by atoms with Crippen molar-refractivity contribution in [3.05, 3.63) is 65.2 Å². The minimum absolute atomic E-state index is 0.306. The molecule has 0 bridgehead atoms. The van der Waals surface area contributed by atoms with E-state index in [0.717, 1.165) is 10.9 Å². The molecule has 0 heterocycles.